The highest BCUT2D eigenvalue weighted by molar-refractivity contribution is 6.04. The molecule has 1 aromatic heterocycles. The zero-order valence-corrected chi connectivity index (χ0v) is 17.4. The highest BCUT2D eigenvalue weighted by Crippen LogP contribution is 2.21. The van der Waals surface area contributed by atoms with Crippen molar-refractivity contribution >= 4 is 28.8 Å². The normalized spacial score (nSPS) is 10.5. The summed E-state index contributed by atoms with van der Waals surface area (Å²) in [5.74, 6) is 0.958. The Morgan fingerprint density at radius 3 is 2.21 bits per heavy atom. The van der Waals surface area contributed by atoms with Crippen molar-refractivity contribution in [2.24, 2.45) is 0 Å². The van der Waals surface area contributed by atoms with E-state index < -0.39 is 0 Å². The highest BCUT2D eigenvalue weighted by Gasteiger charge is 2.16. The van der Waals surface area contributed by atoms with Crippen molar-refractivity contribution in [3.8, 4) is 0 Å². The molecule has 6 nitrogen and oxygen atoms in total. The molecule has 0 atom stereocenters. The number of aromatic nitrogens is 2. The van der Waals surface area contributed by atoms with Gasteiger partial charge in [0.2, 0.25) is 0 Å². The topological polar surface area (TPSA) is 61.4 Å². The number of aryl methyl sites for hydroxylation is 1. The van der Waals surface area contributed by atoms with Crippen LogP contribution in [0.15, 0.2) is 60.7 Å². The fourth-order valence-electron chi connectivity index (χ4n) is 3.17. The lowest BCUT2D eigenvalue weighted by molar-refractivity contribution is 0.0988. The van der Waals surface area contributed by atoms with Crippen LogP contribution in [0.5, 0.6) is 0 Å². The number of carbonyl (C=O) groups is 1. The fourth-order valence-corrected chi connectivity index (χ4v) is 3.17. The molecule has 1 heterocycles. The van der Waals surface area contributed by atoms with Crippen LogP contribution in [0.2, 0.25) is 0 Å². The Kier molecular flexibility index (Phi) is 6.44. The van der Waals surface area contributed by atoms with E-state index in [-0.39, 0.29) is 5.91 Å². The highest BCUT2D eigenvalue weighted by atomic mass is 16.2. The Labute approximate surface area is 172 Å². The molecule has 29 heavy (non-hydrogen) atoms. The SMILES string of the molecule is CCN(CC)c1ccc(Nc2cc(C(=O)N(C)c3ccccc3)nc(C)n2)cc1. The Hall–Kier alpha value is -3.41. The Morgan fingerprint density at radius 2 is 1.59 bits per heavy atom. The third-order valence-electron chi connectivity index (χ3n) is 4.77. The van der Waals surface area contributed by atoms with Gasteiger partial charge in [0.05, 0.1) is 0 Å². The molecule has 0 radical (unpaired) electrons. The summed E-state index contributed by atoms with van der Waals surface area (Å²) in [5.41, 5.74) is 3.26. The van der Waals surface area contributed by atoms with Gasteiger partial charge in [-0.25, -0.2) is 9.97 Å². The van der Waals surface area contributed by atoms with Gasteiger partial charge in [-0.1, -0.05) is 18.2 Å². The molecule has 0 aliphatic rings. The van der Waals surface area contributed by atoms with Crippen LogP contribution in [-0.4, -0.2) is 36.0 Å². The molecule has 0 fully saturated rings. The molecule has 1 amide bonds. The predicted octanol–water partition coefficient (Wildman–Crippen LogP) is 4.65. The molecule has 0 saturated carbocycles. The van der Waals surface area contributed by atoms with E-state index in [0.29, 0.717) is 17.3 Å². The van der Waals surface area contributed by atoms with E-state index in [1.165, 1.54) is 5.69 Å². The minimum absolute atomic E-state index is 0.179. The third kappa shape index (κ3) is 4.90. The number of anilines is 4. The minimum atomic E-state index is -0.179. The smallest absolute Gasteiger partial charge is 0.276 e. The second-order valence-corrected chi connectivity index (χ2v) is 6.73. The van der Waals surface area contributed by atoms with Crippen LogP contribution in [-0.2, 0) is 0 Å². The summed E-state index contributed by atoms with van der Waals surface area (Å²) in [6, 6.07) is 19.4. The molecule has 6 heteroatoms. The number of rotatable bonds is 7. The van der Waals surface area contributed by atoms with Gasteiger partial charge in [-0.05, 0) is 57.2 Å². The average Bonchev–Trinajstić information content (AvgIpc) is 2.75. The molecular weight excluding hydrogens is 362 g/mol. The lowest BCUT2D eigenvalue weighted by atomic mass is 10.2. The second-order valence-electron chi connectivity index (χ2n) is 6.73. The first-order chi connectivity index (χ1) is 14.0. The number of nitrogens with zero attached hydrogens (tertiary/aromatic N) is 4. The van der Waals surface area contributed by atoms with Crippen molar-refractivity contribution in [2.45, 2.75) is 20.8 Å². The van der Waals surface area contributed by atoms with Crippen molar-refractivity contribution < 1.29 is 4.79 Å². The maximum Gasteiger partial charge on any atom is 0.276 e. The van der Waals surface area contributed by atoms with Gasteiger partial charge in [-0.2, -0.15) is 0 Å². The summed E-state index contributed by atoms with van der Waals surface area (Å²) >= 11 is 0. The van der Waals surface area contributed by atoms with E-state index in [2.05, 4.69) is 46.2 Å². The minimum Gasteiger partial charge on any atom is -0.372 e. The van der Waals surface area contributed by atoms with Gasteiger partial charge in [-0.15, -0.1) is 0 Å². The molecule has 0 spiro atoms. The first kappa shape index (κ1) is 20.3. The molecular formula is C23H27N5O. The molecule has 150 valence electrons. The lowest BCUT2D eigenvalue weighted by Gasteiger charge is -2.21. The van der Waals surface area contributed by atoms with Gasteiger partial charge in [0.1, 0.15) is 17.3 Å². The molecule has 2 aromatic carbocycles. The van der Waals surface area contributed by atoms with Crippen LogP contribution < -0.4 is 15.1 Å². The largest absolute Gasteiger partial charge is 0.372 e. The van der Waals surface area contributed by atoms with Crippen LogP contribution in [0.1, 0.15) is 30.2 Å². The van der Waals surface area contributed by atoms with Gasteiger partial charge in [0.15, 0.2) is 0 Å². The van der Waals surface area contributed by atoms with E-state index in [4.69, 9.17) is 0 Å². The number of amides is 1. The van der Waals surface area contributed by atoms with Crippen LogP contribution >= 0.6 is 0 Å². The predicted molar refractivity (Wildman–Crippen MR) is 119 cm³/mol. The van der Waals surface area contributed by atoms with Crippen LogP contribution in [0.3, 0.4) is 0 Å². The maximum absolute atomic E-state index is 12.9. The van der Waals surface area contributed by atoms with Crippen LogP contribution in [0.25, 0.3) is 0 Å². The summed E-state index contributed by atoms with van der Waals surface area (Å²) in [6.07, 6.45) is 0. The molecule has 3 rings (SSSR count). The van der Waals surface area contributed by atoms with Crippen molar-refractivity contribution in [3.63, 3.8) is 0 Å². The Balaban J connectivity index is 1.79. The summed E-state index contributed by atoms with van der Waals surface area (Å²) in [5, 5.41) is 3.28. The van der Waals surface area contributed by atoms with Gasteiger partial charge in [-0.3, -0.25) is 4.79 Å². The van der Waals surface area contributed by atoms with Gasteiger partial charge >= 0.3 is 0 Å². The molecule has 0 unspecified atom stereocenters. The average molecular weight is 390 g/mol. The molecule has 1 N–H and O–H groups in total. The summed E-state index contributed by atoms with van der Waals surface area (Å²) in [7, 11) is 1.74. The van der Waals surface area contributed by atoms with Crippen molar-refractivity contribution in [1.29, 1.82) is 0 Å². The van der Waals surface area contributed by atoms with E-state index >= 15 is 0 Å². The van der Waals surface area contributed by atoms with Gasteiger partial charge < -0.3 is 15.1 Å². The van der Waals surface area contributed by atoms with Crippen molar-refractivity contribution in [3.05, 3.63) is 72.2 Å². The zero-order chi connectivity index (χ0) is 20.8. The number of carbonyl (C=O) groups excluding carboxylic acids is 1. The monoisotopic (exact) mass is 389 g/mol. The summed E-state index contributed by atoms with van der Waals surface area (Å²) in [4.78, 5) is 25.5. The van der Waals surface area contributed by atoms with E-state index in [1.54, 1.807) is 24.9 Å². The number of hydrogen-bond acceptors (Lipinski definition) is 5. The number of hydrogen-bond donors (Lipinski definition) is 1. The van der Waals surface area contributed by atoms with E-state index in [0.717, 1.165) is 24.5 Å². The van der Waals surface area contributed by atoms with E-state index in [1.807, 2.05) is 42.5 Å². The van der Waals surface area contributed by atoms with Crippen molar-refractivity contribution in [2.75, 3.05) is 35.3 Å². The van der Waals surface area contributed by atoms with Crippen LogP contribution in [0, 0.1) is 6.92 Å². The summed E-state index contributed by atoms with van der Waals surface area (Å²) in [6.45, 7) is 8.01. The van der Waals surface area contributed by atoms with Crippen LogP contribution in [0.4, 0.5) is 22.9 Å². The quantitative estimate of drug-likeness (QED) is 0.637. The fraction of sp³-hybridized carbons (Fsp3) is 0.261. The molecule has 3 aromatic rings. The maximum atomic E-state index is 12.9. The van der Waals surface area contributed by atoms with Crippen molar-refractivity contribution in [1.82, 2.24) is 9.97 Å². The molecule has 0 bridgehead atoms. The second kappa shape index (κ2) is 9.19. The Bertz CT molecular complexity index is 953. The molecule has 0 aliphatic heterocycles. The van der Waals surface area contributed by atoms with Gasteiger partial charge in [0, 0.05) is 43.3 Å². The first-order valence-corrected chi connectivity index (χ1v) is 9.82. The first-order valence-electron chi connectivity index (χ1n) is 9.82. The zero-order valence-electron chi connectivity index (χ0n) is 17.4. The summed E-state index contributed by atoms with van der Waals surface area (Å²) < 4.78 is 0. The number of benzene rings is 2. The molecule has 0 aliphatic carbocycles. The van der Waals surface area contributed by atoms with Gasteiger partial charge in [0.25, 0.3) is 5.91 Å². The number of para-hydroxylation sites is 1. The van der Waals surface area contributed by atoms with E-state index in [9.17, 15) is 4.79 Å². The third-order valence-corrected chi connectivity index (χ3v) is 4.77. The molecule has 0 saturated heterocycles. The standard InChI is InChI=1S/C23H27N5O/c1-5-28(6-2)20-14-12-18(13-15-20)26-22-16-21(24-17(3)25-22)23(29)27(4)19-10-8-7-9-11-19/h7-16H,5-6H2,1-4H3,(H,24,25,26). The Morgan fingerprint density at radius 1 is 0.931 bits per heavy atom. The lowest BCUT2D eigenvalue weighted by Crippen LogP contribution is -2.27. The number of nitrogens with one attached hydrogen (secondary N) is 1.